The van der Waals surface area contributed by atoms with E-state index in [4.69, 9.17) is 16.3 Å². The van der Waals surface area contributed by atoms with Crippen molar-refractivity contribution in [3.8, 4) is 0 Å². The average Bonchev–Trinajstić information content (AvgIpc) is 2.57. The van der Waals surface area contributed by atoms with Crippen LogP contribution in [0.4, 0.5) is 0 Å². The first-order chi connectivity index (χ1) is 10.8. The lowest BCUT2D eigenvalue weighted by molar-refractivity contribution is -0.0340. The SMILES string of the molecule is CC[C@H]1[C@H](Cl)CCO[C@@H]1C(c1ccccc1)c1ccccc1. The van der Waals surface area contributed by atoms with E-state index >= 15 is 0 Å². The molecular weight excluding hydrogens is 292 g/mol. The molecule has 116 valence electrons. The van der Waals surface area contributed by atoms with E-state index in [9.17, 15) is 0 Å². The van der Waals surface area contributed by atoms with E-state index in [0.29, 0.717) is 5.92 Å². The normalized spacial score (nSPS) is 25.3. The molecule has 0 radical (unpaired) electrons. The first-order valence-electron chi connectivity index (χ1n) is 8.16. The van der Waals surface area contributed by atoms with E-state index in [0.717, 1.165) is 19.4 Å². The van der Waals surface area contributed by atoms with Gasteiger partial charge in [0.05, 0.1) is 6.10 Å². The molecule has 22 heavy (non-hydrogen) atoms. The Morgan fingerprint density at radius 1 is 1.00 bits per heavy atom. The molecule has 3 rings (SSSR count). The Labute approximate surface area is 138 Å². The zero-order valence-electron chi connectivity index (χ0n) is 13.0. The van der Waals surface area contributed by atoms with Crippen molar-refractivity contribution in [2.45, 2.75) is 37.2 Å². The molecule has 1 fully saturated rings. The van der Waals surface area contributed by atoms with Crippen LogP contribution in [0.5, 0.6) is 0 Å². The van der Waals surface area contributed by atoms with Gasteiger partial charge in [-0.15, -0.1) is 11.6 Å². The lowest BCUT2D eigenvalue weighted by Gasteiger charge is -2.40. The molecule has 0 N–H and O–H groups in total. The molecule has 0 aromatic heterocycles. The highest BCUT2D eigenvalue weighted by Crippen LogP contribution is 2.40. The Morgan fingerprint density at radius 2 is 1.55 bits per heavy atom. The summed E-state index contributed by atoms with van der Waals surface area (Å²) >= 11 is 6.62. The van der Waals surface area contributed by atoms with E-state index in [1.54, 1.807) is 0 Å². The minimum atomic E-state index is 0.144. The summed E-state index contributed by atoms with van der Waals surface area (Å²) < 4.78 is 6.24. The van der Waals surface area contributed by atoms with Crippen molar-refractivity contribution in [1.82, 2.24) is 0 Å². The maximum absolute atomic E-state index is 6.62. The van der Waals surface area contributed by atoms with Gasteiger partial charge in [-0.25, -0.2) is 0 Å². The van der Waals surface area contributed by atoms with E-state index in [1.807, 2.05) is 0 Å². The van der Waals surface area contributed by atoms with Gasteiger partial charge in [-0.3, -0.25) is 0 Å². The van der Waals surface area contributed by atoms with Crippen LogP contribution in [0.15, 0.2) is 60.7 Å². The summed E-state index contributed by atoms with van der Waals surface area (Å²) in [4.78, 5) is 0. The summed E-state index contributed by atoms with van der Waals surface area (Å²) in [6.45, 7) is 2.97. The number of hydrogen-bond donors (Lipinski definition) is 0. The fourth-order valence-electron chi connectivity index (χ4n) is 3.58. The van der Waals surface area contributed by atoms with Gasteiger partial charge in [0.1, 0.15) is 0 Å². The van der Waals surface area contributed by atoms with E-state index in [1.165, 1.54) is 11.1 Å². The van der Waals surface area contributed by atoms with Crippen LogP contribution in [-0.4, -0.2) is 18.1 Å². The van der Waals surface area contributed by atoms with Crippen molar-refractivity contribution in [2.75, 3.05) is 6.61 Å². The third-order valence-corrected chi connectivity index (χ3v) is 5.25. The largest absolute Gasteiger partial charge is 0.377 e. The molecule has 1 aliphatic heterocycles. The second-order valence-corrected chi connectivity index (χ2v) is 6.57. The van der Waals surface area contributed by atoms with Gasteiger partial charge in [0, 0.05) is 23.8 Å². The van der Waals surface area contributed by atoms with E-state index in [-0.39, 0.29) is 17.4 Å². The van der Waals surface area contributed by atoms with Crippen molar-refractivity contribution in [3.05, 3.63) is 71.8 Å². The molecule has 0 saturated carbocycles. The highest BCUT2D eigenvalue weighted by atomic mass is 35.5. The topological polar surface area (TPSA) is 9.23 Å². The van der Waals surface area contributed by atoms with Gasteiger partial charge in [-0.2, -0.15) is 0 Å². The molecular formula is C20H23ClO. The Hall–Kier alpha value is -1.31. The Bertz CT molecular complexity index is 529. The summed E-state index contributed by atoms with van der Waals surface area (Å²) in [7, 11) is 0. The zero-order chi connectivity index (χ0) is 15.4. The number of ether oxygens (including phenoxy) is 1. The van der Waals surface area contributed by atoms with E-state index in [2.05, 4.69) is 67.6 Å². The van der Waals surface area contributed by atoms with Crippen molar-refractivity contribution in [2.24, 2.45) is 5.92 Å². The molecule has 1 saturated heterocycles. The summed E-state index contributed by atoms with van der Waals surface area (Å²) in [6, 6.07) is 21.3. The third-order valence-electron chi connectivity index (χ3n) is 4.71. The summed E-state index contributed by atoms with van der Waals surface area (Å²) in [5, 5.41) is 0.207. The van der Waals surface area contributed by atoms with Crippen LogP contribution < -0.4 is 0 Å². The molecule has 1 aliphatic rings. The molecule has 1 heterocycles. The number of benzene rings is 2. The summed E-state index contributed by atoms with van der Waals surface area (Å²) in [5.41, 5.74) is 2.62. The number of hydrogen-bond acceptors (Lipinski definition) is 1. The third kappa shape index (κ3) is 3.21. The minimum Gasteiger partial charge on any atom is -0.377 e. The molecule has 3 atom stereocenters. The van der Waals surface area contributed by atoms with Crippen molar-refractivity contribution >= 4 is 11.6 Å². The Kier molecular flexibility index (Phi) is 5.17. The zero-order valence-corrected chi connectivity index (χ0v) is 13.7. The lowest BCUT2D eigenvalue weighted by Crippen LogP contribution is -2.41. The maximum atomic E-state index is 6.62. The fourth-order valence-corrected chi connectivity index (χ4v) is 3.99. The molecule has 0 bridgehead atoms. The molecule has 0 amide bonds. The Balaban J connectivity index is 2.01. The van der Waals surface area contributed by atoms with Crippen LogP contribution >= 0.6 is 11.6 Å². The number of rotatable bonds is 4. The standard InChI is InChI=1S/C20H23ClO/c1-2-17-18(21)13-14-22-20(17)19(15-9-5-3-6-10-15)16-11-7-4-8-12-16/h3-12,17-20H,2,13-14H2,1H3/t17-,18+,20-/m0/s1. The summed E-state index contributed by atoms with van der Waals surface area (Å²) in [6.07, 6.45) is 2.15. The monoisotopic (exact) mass is 314 g/mol. The first-order valence-corrected chi connectivity index (χ1v) is 8.60. The van der Waals surface area contributed by atoms with Crippen molar-refractivity contribution in [3.63, 3.8) is 0 Å². The smallest absolute Gasteiger partial charge is 0.0726 e. The summed E-state index contributed by atoms with van der Waals surface area (Å²) in [5.74, 6) is 0.634. The van der Waals surface area contributed by atoms with Gasteiger partial charge in [0.25, 0.3) is 0 Å². The number of halogens is 1. The van der Waals surface area contributed by atoms with Crippen LogP contribution in [0.1, 0.15) is 36.8 Å². The minimum absolute atomic E-state index is 0.144. The predicted molar refractivity (Wildman–Crippen MR) is 92.5 cm³/mol. The van der Waals surface area contributed by atoms with Gasteiger partial charge < -0.3 is 4.74 Å². The molecule has 2 aromatic rings. The lowest BCUT2D eigenvalue weighted by atomic mass is 9.77. The van der Waals surface area contributed by atoms with Crippen LogP contribution in [-0.2, 0) is 4.74 Å². The quantitative estimate of drug-likeness (QED) is 0.701. The second kappa shape index (κ2) is 7.30. The van der Waals surface area contributed by atoms with E-state index < -0.39 is 0 Å². The predicted octanol–water partition coefficient (Wildman–Crippen LogP) is 5.24. The maximum Gasteiger partial charge on any atom is 0.0726 e. The first kappa shape index (κ1) is 15.6. The van der Waals surface area contributed by atoms with Gasteiger partial charge >= 0.3 is 0 Å². The molecule has 0 aliphatic carbocycles. The van der Waals surface area contributed by atoms with Crippen LogP contribution in [0, 0.1) is 5.92 Å². The van der Waals surface area contributed by atoms with Crippen molar-refractivity contribution < 1.29 is 4.74 Å². The number of alkyl halides is 1. The van der Waals surface area contributed by atoms with Crippen LogP contribution in [0.25, 0.3) is 0 Å². The highest BCUT2D eigenvalue weighted by molar-refractivity contribution is 6.20. The van der Waals surface area contributed by atoms with Crippen LogP contribution in [0.3, 0.4) is 0 Å². The second-order valence-electron chi connectivity index (χ2n) is 6.01. The van der Waals surface area contributed by atoms with Crippen molar-refractivity contribution in [1.29, 1.82) is 0 Å². The fraction of sp³-hybridized carbons (Fsp3) is 0.400. The average molecular weight is 315 g/mol. The highest BCUT2D eigenvalue weighted by Gasteiger charge is 2.38. The molecule has 2 aromatic carbocycles. The van der Waals surface area contributed by atoms with Gasteiger partial charge in [-0.05, 0) is 24.0 Å². The molecule has 0 spiro atoms. The van der Waals surface area contributed by atoms with Gasteiger partial charge in [0.15, 0.2) is 0 Å². The van der Waals surface area contributed by atoms with Gasteiger partial charge in [-0.1, -0.05) is 67.6 Å². The Morgan fingerprint density at radius 3 is 2.05 bits per heavy atom. The van der Waals surface area contributed by atoms with Crippen LogP contribution in [0.2, 0.25) is 0 Å². The van der Waals surface area contributed by atoms with Gasteiger partial charge in [0.2, 0.25) is 0 Å². The molecule has 1 nitrogen and oxygen atoms in total. The molecule has 2 heteroatoms. The molecule has 0 unspecified atom stereocenters.